The number of nitrogens with one attached hydrogen (secondary N) is 1. The summed E-state index contributed by atoms with van der Waals surface area (Å²) in [5.41, 5.74) is 0. The third-order valence-corrected chi connectivity index (χ3v) is 4.32. The van der Waals surface area contributed by atoms with Gasteiger partial charge in [-0.2, -0.15) is 0 Å². The molecule has 0 atom stereocenters. The molecule has 0 aromatic rings. The second kappa shape index (κ2) is 4.34. The minimum atomic E-state index is 0.324. The van der Waals surface area contributed by atoms with Crippen LogP contribution in [-0.2, 0) is 4.79 Å². The topological polar surface area (TPSA) is 35.6 Å². The monoisotopic (exact) mass is 223 g/mol. The molecule has 4 nitrogen and oxygen atoms in total. The smallest absolute Gasteiger partial charge is 0.225 e. The van der Waals surface area contributed by atoms with E-state index in [1.54, 1.807) is 0 Å². The maximum Gasteiger partial charge on any atom is 0.225 e. The zero-order chi connectivity index (χ0) is 11.0. The first kappa shape index (κ1) is 10.5. The maximum atomic E-state index is 12.0. The van der Waals surface area contributed by atoms with Gasteiger partial charge in [0.05, 0.1) is 0 Å². The van der Waals surface area contributed by atoms with Gasteiger partial charge in [0.25, 0.3) is 0 Å². The van der Waals surface area contributed by atoms with Gasteiger partial charge in [-0.15, -0.1) is 0 Å². The minimum absolute atomic E-state index is 0.324. The molecular weight excluding hydrogens is 202 g/mol. The van der Waals surface area contributed by atoms with Crippen LogP contribution in [0.5, 0.6) is 0 Å². The average Bonchev–Trinajstić information content (AvgIpc) is 2.13. The lowest BCUT2D eigenvalue weighted by Gasteiger charge is -2.43. The standard InChI is InChI=1S/C12H21N3O/c16-12(15-4-1-5-15)10-2-6-14(7-3-10)11-8-13-9-11/h10-11,13H,1-9H2. The van der Waals surface area contributed by atoms with Crippen molar-refractivity contribution >= 4 is 5.91 Å². The van der Waals surface area contributed by atoms with Crippen molar-refractivity contribution in [2.45, 2.75) is 25.3 Å². The van der Waals surface area contributed by atoms with Crippen molar-refractivity contribution in [2.24, 2.45) is 5.92 Å². The Morgan fingerprint density at radius 2 is 1.75 bits per heavy atom. The van der Waals surface area contributed by atoms with Crippen molar-refractivity contribution in [3.63, 3.8) is 0 Å². The van der Waals surface area contributed by atoms with E-state index >= 15 is 0 Å². The molecule has 3 saturated heterocycles. The number of likely N-dealkylation sites (tertiary alicyclic amines) is 2. The van der Waals surface area contributed by atoms with Gasteiger partial charge in [0.15, 0.2) is 0 Å². The normalized spacial score (nSPS) is 28.6. The van der Waals surface area contributed by atoms with Gasteiger partial charge in [-0.05, 0) is 32.4 Å². The molecule has 4 heteroatoms. The molecule has 16 heavy (non-hydrogen) atoms. The molecule has 90 valence electrons. The molecule has 3 rings (SSSR count). The Balaban J connectivity index is 1.47. The molecule has 0 aliphatic carbocycles. The summed E-state index contributed by atoms with van der Waals surface area (Å²) in [6.07, 6.45) is 3.36. The second-order valence-electron chi connectivity index (χ2n) is 5.30. The summed E-state index contributed by atoms with van der Waals surface area (Å²) in [4.78, 5) is 16.6. The number of hydrogen-bond acceptors (Lipinski definition) is 3. The number of carbonyl (C=O) groups excluding carboxylic acids is 1. The summed E-state index contributed by atoms with van der Waals surface area (Å²) in [7, 11) is 0. The van der Waals surface area contributed by atoms with Crippen LogP contribution in [-0.4, -0.2) is 61.0 Å². The van der Waals surface area contributed by atoms with Crippen LogP contribution in [0.3, 0.4) is 0 Å². The van der Waals surface area contributed by atoms with Crippen molar-refractivity contribution < 1.29 is 4.79 Å². The predicted molar refractivity (Wildman–Crippen MR) is 62.2 cm³/mol. The van der Waals surface area contributed by atoms with Crippen molar-refractivity contribution in [1.82, 2.24) is 15.1 Å². The Morgan fingerprint density at radius 3 is 2.19 bits per heavy atom. The van der Waals surface area contributed by atoms with E-state index in [0.717, 1.165) is 58.2 Å². The number of carbonyl (C=O) groups is 1. The summed E-state index contributed by atoms with van der Waals surface area (Å²) in [6, 6.07) is 0.750. The average molecular weight is 223 g/mol. The molecule has 0 bridgehead atoms. The van der Waals surface area contributed by atoms with Crippen molar-refractivity contribution in [1.29, 1.82) is 0 Å². The molecule has 3 fully saturated rings. The molecule has 3 aliphatic rings. The van der Waals surface area contributed by atoms with Crippen LogP contribution >= 0.6 is 0 Å². The van der Waals surface area contributed by atoms with E-state index in [1.165, 1.54) is 6.42 Å². The lowest BCUT2D eigenvalue weighted by Crippen LogP contribution is -2.59. The van der Waals surface area contributed by atoms with E-state index < -0.39 is 0 Å². The van der Waals surface area contributed by atoms with Crippen LogP contribution in [0, 0.1) is 5.92 Å². The van der Waals surface area contributed by atoms with Gasteiger partial charge in [0, 0.05) is 38.1 Å². The number of hydrogen-bond donors (Lipinski definition) is 1. The Bertz CT molecular complexity index is 265. The summed E-state index contributed by atoms with van der Waals surface area (Å²) in [5, 5.41) is 3.31. The van der Waals surface area contributed by atoms with Crippen LogP contribution in [0.1, 0.15) is 19.3 Å². The van der Waals surface area contributed by atoms with E-state index in [9.17, 15) is 4.79 Å². The molecule has 1 N–H and O–H groups in total. The molecule has 3 aliphatic heterocycles. The zero-order valence-corrected chi connectivity index (χ0v) is 9.82. The fourth-order valence-corrected chi connectivity index (χ4v) is 2.84. The first-order valence-electron chi connectivity index (χ1n) is 6.58. The second-order valence-corrected chi connectivity index (χ2v) is 5.30. The predicted octanol–water partition coefficient (Wildman–Crippen LogP) is -0.0975. The van der Waals surface area contributed by atoms with E-state index in [4.69, 9.17) is 0 Å². The fraction of sp³-hybridized carbons (Fsp3) is 0.917. The maximum absolute atomic E-state index is 12.0. The fourth-order valence-electron chi connectivity index (χ4n) is 2.84. The molecular formula is C12H21N3O. The van der Waals surface area contributed by atoms with Crippen LogP contribution < -0.4 is 5.32 Å². The lowest BCUT2D eigenvalue weighted by atomic mass is 9.92. The highest BCUT2D eigenvalue weighted by molar-refractivity contribution is 5.79. The SMILES string of the molecule is O=C(C1CCN(C2CNC2)CC1)N1CCC1. The number of rotatable bonds is 2. The van der Waals surface area contributed by atoms with Crippen LogP contribution in [0.4, 0.5) is 0 Å². The van der Waals surface area contributed by atoms with Gasteiger partial charge in [-0.3, -0.25) is 9.69 Å². The highest BCUT2D eigenvalue weighted by atomic mass is 16.2. The van der Waals surface area contributed by atoms with Gasteiger partial charge in [0.1, 0.15) is 0 Å². The Labute approximate surface area is 97.0 Å². The van der Waals surface area contributed by atoms with Crippen molar-refractivity contribution in [3.05, 3.63) is 0 Å². The van der Waals surface area contributed by atoms with E-state index in [1.807, 2.05) is 4.90 Å². The van der Waals surface area contributed by atoms with E-state index in [2.05, 4.69) is 10.2 Å². The lowest BCUT2D eigenvalue weighted by molar-refractivity contribution is -0.140. The van der Waals surface area contributed by atoms with Gasteiger partial charge in [-0.25, -0.2) is 0 Å². The van der Waals surface area contributed by atoms with Crippen LogP contribution in [0.2, 0.25) is 0 Å². The quantitative estimate of drug-likeness (QED) is 0.710. The Morgan fingerprint density at radius 1 is 1.06 bits per heavy atom. The summed E-state index contributed by atoms with van der Waals surface area (Å²) in [6.45, 7) is 6.54. The summed E-state index contributed by atoms with van der Waals surface area (Å²) < 4.78 is 0. The van der Waals surface area contributed by atoms with Crippen molar-refractivity contribution in [3.8, 4) is 0 Å². The van der Waals surface area contributed by atoms with Gasteiger partial charge >= 0.3 is 0 Å². The van der Waals surface area contributed by atoms with Crippen LogP contribution in [0.25, 0.3) is 0 Å². The molecule has 3 heterocycles. The Hall–Kier alpha value is -0.610. The van der Waals surface area contributed by atoms with Crippen molar-refractivity contribution in [2.75, 3.05) is 39.3 Å². The number of amides is 1. The third kappa shape index (κ3) is 1.84. The largest absolute Gasteiger partial charge is 0.342 e. The number of piperidine rings is 1. The third-order valence-electron chi connectivity index (χ3n) is 4.32. The highest BCUT2D eigenvalue weighted by Gasteiger charge is 2.33. The minimum Gasteiger partial charge on any atom is -0.342 e. The molecule has 0 spiro atoms. The first-order chi connectivity index (χ1) is 7.84. The summed E-state index contributed by atoms with van der Waals surface area (Å²) in [5.74, 6) is 0.752. The first-order valence-corrected chi connectivity index (χ1v) is 6.58. The zero-order valence-electron chi connectivity index (χ0n) is 9.82. The molecule has 0 aromatic carbocycles. The van der Waals surface area contributed by atoms with Gasteiger partial charge in [0.2, 0.25) is 5.91 Å². The molecule has 0 radical (unpaired) electrons. The van der Waals surface area contributed by atoms with Gasteiger partial charge in [-0.1, -0.05) is 0 Å². The van der Waals surface area contributed by atoms with Gasteiger partial charge < -0.3 is 10.2 Å². The van der Waals surface area contributed by atoms with E-state index in [0.29, 0.717) is 11.8 Å². The number of nitrogens with zero attached hydrogens (tertiary/aromatic N) is 2. The van der Waals surface area contributed by atoms with Crippen LogP contribution in [0.15, 0.2) is 0 Å². The molecule has 0 saturated carbocycles. The summed E-state index contributed by atoms with van der Waals surface area (Å²) >= 11 is 0. The molecule has 0 unspecified atom stereocenters. The molecule has 0 aromatic heterocycles. The Kier molecular flexibility index (Phi) is 2.86. The highest BCUT2D eigenvalue weighted by Crippen LogP contribution is 2.23. The van der Waals surface area contributed by atoms with E-state index in [-0.39, 0.29) is 0 Å². The molecule has 1 amide bonds.